The first kappa shape index (κ1) is 16.6. The van der Waals surface area contributed by atoms with Crippen molar-refractivity contribution in [2.75, 3.05) is 4.72 Å². The minimum Gasteiger partial charge on any atom is -0.491 e. The smallest absolute Gasteiger partial charge is 0.266 e. The molecule has 2 aromatic rings. The van der Waals surface area contributed by atoms with Crippen LogP contribution in [0.3, 0.4) is 0 Å². The Bertz CT molecular complexity index is 767. The number of rotatable bonds is 5. The molecule has 1 N–H and O–H groups in total. The molecule has 1 heterocycles. The number of anilines is 1. The summed E-state index contributed by atoms with van der Waals surface area (Å²) in [5, 5.41) is 4.08. The number of halogens is 1. The molecule has 8 heteroatoms. The Hall–Kier alpha value is -1.73. The average Bonchev–Trinajstić information content (AvgIpc) is 2.65. The highest BCUT2D eigenvalue weighted by atomic mass is 35.5. The maximum atomic E-state index is 12.4. The van der Waals surface area contributed by atoms with Gasteiger partial charge in [0.05, 0.1) is 11.8 Å². The molecular formula is C14H18ClN3O3S. The van der Waals surface area contributed by atoms with Gasteiger partial charge >= 0.3 is 0 Å². The fourth-order valence-corrected chi connectivity index (χ4v) is 3.81. The number of sulfonamides is 1. The van der Waals surface area contributed by atoms with Gasteiger partial charge in [0.25, 0.3) is 10.0 Å². The summed E-state index contributed by atoms with van der Waals surface area (Å²) in [6.07, 6.45) is 0.0550. The van der Waals surface area contributed by atoms with Gasteiger partial charge in [-0.2, -0.15) is 5.10 Å². The number of aryl methyl sites for hydroxylation is 2. The molecule has 0 radical (unpaired) electrons. The maximum absolute atomic E-state index is 12.4. The average molecular weight is 344 g/mol. The van der Waals surface area contributed by atoms with Gasteiger partial charge in [0.15, 0.2) is 0 Å². The first-order valence-electron chi connectivity index (χ1n) is 6.69. The van der Waals surface area contributed by atoms with Crippen LogP contribution in [0.4, 0.5) is 5.69 Å². The Morgan fingerprint density at radius 2 is 1.86 bits per heavy atom. The third-order valence-corrected chi connectivity index (χ3v) is 4.92. The third kappa shape index (κ3) is 3.53. The molecule has 0 saturated carbocycles. The van der Waals surface area contributed by atoms with Crippen LogP contribution in [0.2, 0.25) is 5.15 Å². The van der Waals surface area contributed by atoms with Crippen molar-refractivity contribution < 1.29 is 13.2 Å². The van der Waals surface area contributed by atoms with Crippen LogP contribution in [0.25, 0.3) is 0 Å². The molecule has 0 spiro atoms. The minimum atomic E-state index is -3.80. The number of hydrogen-bond acceptors (Lipinski definition) is 4. The van der Waals surface area contributed by atoms with Gasteiger partial charge in [-0.1, -0.05) is 11.6 Å². The van der Waals surface area contributed by atoms with Gasteiger partial charge in [-0.05, 0) is 45.0 Å². The second kappa shape index (κ2) is 6.18. The summed E-state index contributed by atoms with van der Waals surface area (Å²) in [4.78, 5) is -0.0147. The SMILES string of the molecule is Cc1nn(C)c(Cl)c1S(=O)(=O)Nc1ccc(OC(C)C)cc1. The van der Waals surface area contributed by atoms with Gasteiger partial charge in [-0.25, -0.2) is 8.42 Å². The lowest BCUT2D eigenvalue weighted by Gasteiger charge is -2.11. The molecule has 0 aliphatic carbocycles. The van der Waals surface area contributed by atoms with E-state index in [2.05, 4.69) is 9.82 Å². The summed E-state index contributed by atoms with van der Waals surface area (Å²) >= 11 is 6.01. The number of ether oxygens (including phenoxy) is 1. The first-order valence-corrected chi connectivity index (χ1v) is 8.55. The van der Waals surface area contributed by atoms with E-state index in [0.29, 0.717) is 17.1 Å². The van der Waals surface area contributed by atoms with Gasteiger partial charge in [0.1, 0.15) is 15.8 Å². The van der Waals surface area contributed by atoms with Crippen molar-refractivity contribution in [1.29, 1.82) is 0 Å². The van der Waals surface area contributed by atoms with Gasteiger partial charge in [-0.15, -0.1) is 0 Å². The van der Waals surface area contributed by atoms with E-state index in [0.717, 1.165) is 0 Å². The summed E-state index contributed by atoms with van der Waals surface area (Å²) in [5.41, 5.74) is 0.773. The molecule has 0 bridgehead atoms. The zero-order valence-electron chi connectivity index (χ0n) is 12.8. The van der Waals surface area contributed by atoms with E-state index in [9.17, 15) is 8.42 Å². The van der Waals surface area contributed by atoms with Crippen molar-refractivity contribution in [2.24, 2.45) is 7.05 Å². The van der Waals surface area contributed by atoms with Crippen LogP contribution in [-0.4, -0.2) is 24.3 Å². The lowest BCUT2D eigenvalue weighted by molar-refractivity contribution is 0.242. The van der Waals surface area contributed by atoms with Crippen molar-refractivity contribution in [2.45, 2.75) is 31.8 Å². The van der Waals surface area contributed by atoms with E-state index in [1.54, 1.807) is 38.2 Å². The quantitative estimate of drug-likeness (QED) is 0.905. The molecular weight excluding hydrogens is 326 g/mol. The maximum Gasteiger partial charge on any atom is 0.266 e. The zero-order chi connectivity index (χ0) is 16.5. The van der Waals surface area contributed by atoms with Crippen LogP contribution in [0.15, 0.2) is 29.2 Å². The van der Waals surface area contributed by atoms with Crippen molar-refractivity contribution in [3.63, 3.8) is 0 Å². The fraction of sp³-hybridized carbons (Fsp3) is 0.357. The summed E-state index contributed by atoms with van der Waals surface area (Å²) in [5.74, 6) is 0.675. The van der Waals surface area contributed by atoms with Crippen LogP contribution >= 0.6 is 11.6 Å². The predicted octanol–water partition coefficient (Wildman–Crippen LogP) is 2.97. The van der Waals surface area contributed by atoms with Crippen molar-refractivity contribution in [3.8, 4) is 5.75 Å². The third-order valence-electron chi connectivity index (χ3n) is 2.85. The molecule has 6 nitrogen and oxygen atoms in total. The molecule has 2 rings (SSSR count). The monoisotopic (exact) mass is 343 g/mol. The Balaban J connectivity index is 2.25. The lowest BCUT2D eigenvalue weighted by Crippen LogP contribution is -2.14. The molecule has 22 heavy (non-hydrogen) atoms. The predicted molar refractivity (Wildman–Crippen MR) is 86.0 cm³/mol. The van der Waals surface area contributed by atoms with Gasteiger partial charge in [0, 0.05) is 12.7 Å². The number of nitrogens with one attached hydrogen (secondary N) is 1. The highest BCUT2D eigenvalue weighted by Crippen LogP contribution is 2.27. The normalized spacial score (nSPS) is 11.7. The van der Waals surface area contributed by atoms with E-state index < -0.39 is 10.0 Å². The van der Waals surface area contributed by atoms with E-state index in [-0.39, 0.29) is 16.2 Å². The summed E-state index contributed by atoms with van der Waals surface area (Å²) in [6, 6.07) is 6.68. The summed E-state index contributed by atoms with van der Waals surface area (Å²) < 4.78 is 34.2. The molecule has 0 fully saturated rings. The van der Waals surface area contributed by atoms with Gasteiger partial charge in [-0.3, -0.25) is 9.40 Å². The molecule has 1 aromatic heterocycles. The van der Waals surface area contributed by atoms with Crippen molar-refractivity contribution in [1.82, 2.24) is 9.78 Å². The standard InChI is InChI=1S/C14H18ClN3O3S/c1-9(2)21-12-7-5-11(6-8-12)17-22(19,20)13-10(3)16-18(4)14(13)15/h5-9,17H,1-4H3. The Morgan fingerprint density at radius 1 is 1.27 bits per heavy atom. The molecule has 0 unspecified atom stereocenters. The summed E-state index contributed by atoms with van der Waals surface area (Å²) in [7, 11) is -2.21. The highest BCUT2D eigenvalue weighted by Gasteiger charge is 2.25. The molecule has 0 aliphatic heterocycles. The van der Waals surface area contributed by atoms with E-state index in [1.165, 1.54) is 4.68 Å². The number of aromatic nitrogens is 2. The van der Waals surface area contributed by atoms with Crippen LogP contribution < -0.4 is 9.46 Å². The number of hydrogen-bond donors (Lipinski definition) is 1. The highest BCUT2D eigenvalue weighted by molar-refractivity contribution is 7.92. The molecule has 0 aliphatic rings. The van der Waals surface area contributed by atoms with Crippen LogP contribution in [0.1, 0.15) is 19.5 Å². The van der Waals surface area contributed by atoms with Crippen molar-refractivity contribution >= 4 is 27.3 Å². The zero-order valence-corrected chi connectivity index (χ0v) is 14.4. The van der Waals surface area contributed by atoms with Crippen molar-refractivity contribution in [3.05, 3.63) is 35.1 Å². The number of nitrogens with zero attached hydrogens (tertiary/aromatic N) is 2. The van der Waals surface area contributed by atoms with E-state index in [4.69, 9.17) is 16.3 Å². The molecule has 1 aromatic carbocycles. The second-order valence-electron chi connectivity index (χ2n) is 5.13. The second-order valence-corrected chi connectivity index (χ2v) is 7.10. The van der Waals surface area contributed by atoms with Crippen LogP contribution in [-0.2, 0) is 17.1 Å². The summed E-state index contributed by atoms with van der Waals surface area (Å²) in [6.45, 7) is 5.44. The number of benzene rings is 1. The Labute approximate surface area is 135 Å². The van der Waals surface area contributed by atoms with Crippen LogP contribution in [0.5, 0.6) is 5.75 Å². The largest absolute Gasteiger partial charge is 0.491 e. The Kier molecular flexibility index (Phi) is 4.67. The molecule has 0 atom stereocenters. The molecule has 0 saturated heterocycles. The minimum absolute atomic E-state index is 0.0147. The first-order chi connectivity index (χ1) is 10.2. The fourth-order valence-electron chi connectivity index (χ4n) is 2.00. The lowest BCUT2D eigenvalue weighted by atomic mass is 10.3. The topological polar surface area (TPSA) is 73.2 Å². The van der Waals surface area contributed by atoms with Gasteiger partial charge < -0.3 is 4.74 Å². The molecule has 120 valence electrons. The van der Waals surface area contributed by atoms with E-state index >= 15 is 0 Å². The van der Waals surface area contributed by atoms with Gasteiger partial charge in [0.2, 0.25) is 0 Å². The van der Waals surface area contributed by atoms with E-state index in [1.807, 2.05) is 13.8 Å². The Morgan fingerprint density at radius 3 is 2.32 bits per heavy atom. The van der Waals surface area contributed by atoms with Crippen LogP contribution in [0, 0.1) is 6.92 Å². The molecule has 0 amide bonds.